The molecular formula is C12H14N2O. The van der Waals surface area contributed by atoms with Crippen LogP contribution in [0, 0.1) is 0 Å². The van der Waals surface area contributed by atoms with Gasteiger partial charge in [-0.25, -0.2) is 0 Å². The molecule has 0 fully saturated rings. The summed E-state index contributed by atoms with van der Waals surface area (Å²) in [6, 6.07) is 3.40. The fourth-order valence-electron chi connectivity index (χ4n) is 1.75. The van der Waals surface area contributed by atoms with Crippen LogP contribution in [0.15, 0.2) is 30.0 Å². The maximum absolute atomic E-state index is 11.9. The van der Waals surface area contributed by atoms with Gasteiger partial charge in [-0.2, -0.15) is 0 Å². The lowest BCUT2D eigenvalue weighted by Gasteiger charge is -2.10. The highest BCUT2D eigenvalue weighted by Crippen LogP contribution is 2.20. The lowest BCUT2D eigenvalue weighted by Crippen LogP contribution is -2.08. The Kier molecular flexibility index (Phi) is 2.81. The molecule has 0 saturated carbocycles. The van der Waals surface area contributed by atoms with Gasteiger partial charge >= 0.3 is 0 Å². The van der Waals surface area contributed by atoms with Gasteiger partial charge in [0, 0.05) is 0 Å². The zero-order chi connectivity index (χ0) is 10.7. The molecule has 0 bridgehead atoms. The van der Waals surface area contributed by atoms with Crippen molar-refractivity contribution in [1.82, 2.24) is 4.98 Å². The number of pyridine rings is 1. The third-order valence-electron chi connectivity index (χ3n) is 2.60. The Hall–Kier alpha value is -1.64. The van der Waals surface area contributed by atoms with E-state index in [1.54, 1.807) is 12.1 Å². The molecule has 0 amide bonds. The zero-order valence-corrected chi connectivity index (χ0v) is 8.57. The number of allylic oxidation sites excluding steroid dienone is 2. The molecule has 3 heteroatoms. The number of nitrogens with two attached hydrogens (primary N) is 1. The second-order valence-corrected chi connectivity index (χ2v) is 3.78. The van der Waals surface area contributed by atoms with Crippen LogP contribution in [-0.2, 0) is 0 Å². The monoisotopic (exact) mass is 202 g/mol. The molecule has 0 aromatic carbocycles. The van der Waals surface area contributed by atoms with Gasteiger partial charge in [-0.15, -0.1) is 0 Å². The van der Waals surface area contributed by atoms with Crippen LogP contribution in [0.5, 0.6) is 0 Å². The van der Waals surface area contributed by atoms with Crippen LogP contribution >= 0.6 is 0 Å². The van der Waals surface area contributed by atoms with E-state index in [4.69, 9.17) is 5.73 Å². The van der Waals surface area contributed by atoms with Crippen molar-refractivity contribution < 1.29 is 4.79 Å². The number of nitrogens with zero attached hydrogens (tertiary/aromatic N) is 1. The fourth-order valence-corrected chi connectivity index (χ4v) is 1.75. The van der Waals surface area contributed by atoms with Crippen LogP contribution in [0.2, 0.25) is 0 Å². The number of Topliss-reactive ketones (excluding diaryl/α,β-unsaturated/α-hetero) is 1. The molecule has 1 heterocycles. The predicted octanol–water partition coefficient (Wildman–Crippen LogP) is 2.35. The van der Waals surface area contributed by atoms with Crippen LogP contribution in [0.3, 0.4) is 0 Å². The number of carbonyl (C=O) groups is 1. The molecule has 0 saturated heterocycles. The average molecular weight is 202 g/mol. The maximum atomic E-state index is 11.9. The van der Waals surface area contributed by atoms with Crippen LogP contribution in [0.1, 0.15) is 36.2 Å². The Morgan fingerprint density at radius 3 is 2.80 bits per heavy atom. The molecule has 0 unspecified atom stereocenters. The summed E-state index contributed by atoms with van der Waals surface area (Å²) in [5.74, 6) is 0.0506. The van der Waals surface area contributed by atoms with Crippen molar-refractivity contribution in [2.24, 2.45) is 0 Å². The van der Waals surface area contributed by atoms with Crippen molar-refractivity contribution >= 4 is 11.5 Å². The van der Waals surface area contributed by atoms with Gasteiger partial charge in [-0.3, -0.25) is 9.78 Å². The third kappa shape index (κ3) is 2.24. The Morgan fingerprint density at radius 1 is 1.33 bits per heavy atom. The number of anilines is 1. The molecular weight excluding hydrogens is 188 g/mol. The SMILES string of the molecule is Nc1ccc(C(=O)C2=CCCCC2)nc1. The Morgan fingerprint density at radius 2 is 2.20 bits per heavy atom. The van der Waals surface area contributed by atoms with E-state index in [0.29, 0.717) is 11.4 Å². The minimum Gasteiger partial charge on any atom is -0.397 e. The van der Waals surface area contributed by atoms with Crippen molar-refractivity contribution in [3.05, 3.63) is 35.7 Å². The van der Waals surface area contributed by atoms with Crippen molar-refractivity contribution in [2.45, 2.75) is 25.7 Å². The molecule has 1 aliphatic rings. The van der Waals surface area contributed by atoms with Crippen LogP contribution < -0.4 is 5.73 Å². The predicted molar refractivity (Wildman–Crippen MR) is 59.5 cm³/mol. The molecule has 1 aliphatic carbocycles. The van der Waals surface area contributed by atoms with Crippen LogP contribution in [0.25, 0.3) is 0 Å². The van der Waals surface area contributed by atoms with Gasteiger partial charge in [0.1, 0.15) is 5.69 Å². The lowest BCUT2D eigenvalue weighted by atomic mass is 9.95. The first-order chi connectivity index (χ1) is 7.27. The average Bonchev–Trinajstić information content (AvgIpc) is 2.30. The van der Waals surface area contributed by atoms with Crippen molar-refractivity contribution in [3.63, 3.8) is 0 Å². The van der Waals surface area contributed by atoms with Crippen molar-refractivity contribution in [2.75, 3.05) is 5.73 Å². The summed E-state index contributed by atoms with van der Waals surface area (Å²) in [4.78, 5) is 16.0. The molecule has 78 valence electrons. The quantitative estimate of drug-likeness (QED) is 0.749. The first-order valence-electron chi connectivity index (χ1n) is 5.22. The number of rotatable bonds is 2. The van der Waals surface area contributed by atoms with Gasteiger partial charge in [0.25, 0.3) is 0 Å². The summed E-state index contributed by atoms with van der Waals surface area (Å²) >= 11 is 0. The summed E-state index contributed by atoms with van der Waals surface area (Å²) in [6.45, 7) is 0. The molecule has 0 radical (unpaired) electrons. The largest absolute Gasteiger partial charge is 0.397 e. The van der Waals surface area contributed by atoms with E-state index >= 15 is 0 Å². The van der Waals surface area contributed by atoms with Gasteiger partial charge in [-0.05, 0) is 43.4 Å². The maximum Gasteiger partial charge on any atom is 0.207 e. The number of aromatic nitrogens is 1. The summed E-state index contributed by atoms with van der Waals surface area (Å²) in [6.07, 6.45) is 7.74. The van der Waals surface area contributed by atoms with E-state index in [0.717, 1.165) is 24.8 Å². The first kappa shape index (κ1) is 9.90. The van der Waals surface area contributed by atoms with E-state index in [1.165, 1.54) is 12.6 Å². The van der Waals surface area contributed by atoms with Crippen LogP contribution in [-0.4, -0.2) is 10.8 Å². The molecule has 1 aromatic rings. The Bertz CT molecular complexity index is 393. The van der Waals surface area contributed by atoms with Gasteiger partial charge in [0.05, 0.1) is 11.9 Å². The number of ketones is 1. The van der Waals surface area contributed by atoms with Crippen molar-refractivity contribution in [1.29, 1.82) is 0 Å². The normalized spacial score (nSPS) is 15.9. The van der Waals surface area contributed by atoms with Gasteiger partial charge < -0.3 is 5.73 Å². The Labute approximate surface area is 89.0 Å². The van der Waals surface area contributed by atoms with E-state index in [-0.39, 0.29) is 5.78 Å². The summed E-state index contributed by atoms with van der Waals surface area (Å²) in [5.41, 5.74) is 7.50. The summed E-state index contributed by atoms with van der Waals surface area (Å²) in [7, 11) is 0. The standard InChI is InChI=1S/C12H14N2O/c13-10-6-7-11(14-8-10)12(15)9-4-2-1-3-5-9/h4,6-8H,1-3,5,13H2. The second-order valence-electron chi connectivity index (χ2n) is 3.78. The topological polar surface area (TPSA) is 56.0 Å². The molecule has 0 spiro atoms. The van der Waals surface area contributed by atoms with Crippen LogP contribution in [0.4, 0.5) is 5.69 Å². The number of nitrogen functional groups attached to an aromatic ring is 1. The molecule has 1 aromatic heterocycles. The highest BCUT2D eigenvalue weighted by molar-refractivity contribution is 6.07. The number of carbonyl (C=O) groups excluding carboxylic acids is 1. The van der Waals surface area contributed by atoms with Crippen molar-refractivity contribution in [3.8, 4) is 0 Å². The first-order valence-corrected chi connectivity index (χ1v) is 5.22. The highest BCUT2D eigenvalue weighted by Gasteiger charge is 2.14. The zero-order valence-electron chi connectivity index (χ0n) is 8.57. The van der Waals surface area contributed by atoms with Gasteiger partial charge in [0.2, 0.25) is 5.78 Å². The van der Waals surface area contributed by atoms with E-state index < -0.39 is 0 Å². The molecule has 0 aliphatic heterocycles. The minimum absolute atomic E-state index is 0.0506. The van der Waals surface area contributed by atoms with E-state index in [1.807, 2.05) is 6.08 Å². The molecule has 0 atom stereocenters. The van der Waals surface area contributed by atoms with Gasteiger partial charge in [0.15, 0.2) is 0 Å². The van der Waals surface area contributed by atoms with E-state index in [9.17, 15) is 4.79 Å². The second kappa shape index (κ2) is 4.26. The third-order valence-corrected chi connectivity index (χ3v) is 2.60. The van der Waals surface area contributed by atoms with E-state index in [2.05, 4.69) is 4.98 Å². The summed E-state index contributed by atoms with van der Waals surface area (Å²) < 4.78 is 0. The highest BCUT2D eigenvalue weighted by atomic mass is 16.1. The van der Waals surface area contributed by atoms with Gasteiger partial charge in [-0.1, -0.05) is 6.08 Å². The Balaban J connectivity index is 2.20. The minimum atomic E-state index is 0.0506. The lowest BCUT2D eigenvalue weighted by molar-refractivity contribution is 0.102. The molecule has 15 heavy (non-hydrogen) atoms. The molecule has 2 N–H and O–H groups in total. The molecule has 3 nitrogen and oxygen atoms in total. The summed E-state index contributed by atoms with van der Waals surface area (Å²) in [5, 5.41) is 0. The number of hydrogen-bond acceptors (Lipinski definition) is 3. The fraction of sp³-hybridized carbons (Fsp3) is 0.333. The number of hydrogen-bond donors (Lipinski definition) is 1. The molecule has 2 rings (SSSR count). The smallest absolute Gasteiger partial charge is 0.207 e.